The molecule has 2 heterocycles. The second-order valence-electron chi connectivity index (χ2n) is 4.59. The van der Waals surface area contributed by atoms with Crippen molar-refractivity contribution in [3.8, 4) is 0 Å². The first-order chi connectivity index (χ1) is 9.49. The summed E-state index contributed by atoms with van der Waals surface area (Å²) in [5.41, 5.74) is 0.0373. The third-order valence-corrected chi connectivity index (χ3v) is 4.43. The van der Waals surface area contributed by atoms with Gasteiger partial charge in [-0.15, -0.1) is 16.9 Å². The van der Waals surface area contributed by atoms with Gasteiger partial charge < -0.3 is 14.3 Å². The fraction of sp³-hybridized carbons (Fsp3) is 0.429. The molecule has 0 aromatic carbocycles. The second kappa shape index (κ2) is 8.65. The molecule has 1 radical (unpaired) electrons. The summed E-state index contributed by atoms with van der Waals surface area (Å²) >= 11 is 7.43. The Hall–Kier alpha value is 0.0939. The predicted molar refractivity (Wildman–Crippen MR) is 78.2 cm³/mol. The number of carbonyl (C=O) groups excluding carboxylic acids is 2. The Bertz CT molecular complexity index is 552. The average molecular weight is 402 g/mol. The van der Waals surface area contributed by atoms with Gasteiger partial charge in [0.05, 0.1) is 23.3 Å². The van der Waals surface area contributed by atoms with Crippen molar-refractivity contribution < 1.29 is 47.0 Å². The molecule has 1 aromatic rings. The molecule has 0 atom stereocenters. The zero-order valence-corrected chi connectivity index (χ0v) is 16.1. The van der Waals surface area contributed by atoms with Crippen LogP contribution in [-0.4, -0.2) is 42.8 Å². The summed E-state index contributed by atoms with van der Waals surface area (Å²) in [6, 6.07) is 1.72. The van der Waals surface area contributed by atoms with Crippen molar-refractivity contribution >= 4 is 34.5 Å². The molecule has 1 saturated heterocycles. The standard InChI is InChI=1S/C14H15ClNO3S.Y/c1-9(10(2)17)13(18)12-7-11(20-14(12)15)8-16-3-5-19-6-4-16;/h1,7H,3-6,8H2,2H3;/q-1;. The smallest absolute Gasteiger partial charge is 0.0919 e. The van der Waals surface area contributed by atoms with Gasteiger partial charge in [0.1, 0.15) is 0 Å². The topological polar surface area (TPSA) is 46.6 Å². The third-order valence-electron chi connectivity index (χ3n) is 3.09. The number of hydrogen-bond acceptors (Lipinski definition) is 5. The van der Waals surface area contributed by atoms with Crippen molar-refractivity contribution in [3.63, 3.8) is 0 Å². The van der Waals surface area contributed by atoms with E-state index in [-0.39, 0.29) is 38.3 Å². The van der Waals surface area contributed by atoms with Crippen LogP contribution in [-0.2, 0) is 48.8 Å². The molecule has 111 valence electrons. The van der Waals surface area contributed by atoms with Crippen molar-refractivity contribution in [1.82, 2.24) is 4.90 Å². The Balaban J connectivity index is 0.00000220. The maximum Gasteiger partial charge on any atom is 0.0919 e. The largest absolute Gasteiger partial charge is 0.379 e. The number of Topliss-reactive ketones (excluding diaryl/α,β-unsaturated/α-hetero) is 2. The van der Waals surface area contributed by atoms with Crippen molar-refractivity contribution in [2.75, 3.05) is 26.3 Å². The predicted octanol–water partition coefficient (Wildman–Crippen LogP) is 2.36. The summed E-state index contributed by atoms with van der Waals surface area (Å²) in [5.74, 6) is -0.932. The van der Waals surface area contributed by atoms with Crippen molar-refractivity contribution in [2.45, 2.75) is 13.5 Å². The van der Waals surface area contributed by atoms with E-state index in [1.165, 1.54) is 18.3 Å². The maximum absolute atomic E-state index is 12.0. The SMILES string of the molecule is [CH-]=C(C(C)=O)C(=O)c1cc(CN2CCOCC2)sc1Cl.[Y]. The Labute approximate surface area is 158 Å². The summed E-state index contributed by atoms with van der Waals surface area (Å²) in [6.45, 7) is 10.6. The van der Waals surface area contributed by atoms with E-state index >= 15 is 0 Å². The molecule has 0 bridgehead atoms. The van der Waals surface area contributed by atoms with Gasteiger partial charge in [0.25, 0.3) is 0 Å². The van der Waals surface area contributed by atoms with Gasteiger partial charge in [-0.05, 0) is 18.6 Å². The van der Waals surface area contributed by atoms with Crippen LogP contribution in [0.15, 0.2) is 11.6 Å². The number of nitrogens with zero attached hydrogens (tertiary/aromatic N) is 1. The average Bonchev–Trinajstić information content (AvgIpc) is 2.79. The molecule has 0 N–H and O–H groups in total. The number of allylic oxidation sites excluding steroid dienone is 1. The fourth-order valence-electron chi connectivity index (χ4n) is 1.93. The number of ketones is 2. The minimum Gasteiger partial charge on any atom is -0.379 e. The summed E-state index contributed by atoms with van der Waals surface area (Å²) in [6.07, 6.45) is 0. The van der Waals surface area contributed by atoms with Crippen LogP contribution in [0, 0.1) is 6.58 Å². The van der Waals surface area contributed by atoms with E-state index in [0.29, 0.717) is 9.90 Å². The Morgan fingerprint density at radius 3 is 2.62 bits per heavy atom. The number of rotatable bonds is 5. The van der Waals surface area contributed by atoms with E-state index in [4.69, 9.17) is 22.9 Å². The number of morpholine rings is 1. The van der Waals surface area contributed by atoms with Crippen LogP contribution < -0.4 is 0 Å². The molecule has 1 aliphatic rings. The van der Waals surface area contributed by atoms with Gasteiger partial charge in [-0.2, -0.15) is 0 Å². The number of ether oxygens (including phenoxy) is 1. The van der Waals surface area contributed by atoms with Crippen LogP contribution in [0.4, 0.5) is 0 Å². The Kier molecular flexibility index (Phi) is 7.89. The number of carbonyl (C=O) groups is 2. The van der Waals surface area contributed by atoms with E-state index < -0.39 is 11.6 Å². The quantitative estimate of drug-likeness (QED) is 0.250. The molecule has 0 spiro atoms. The minimum atomic E-state index is -0.494. The van der Waals surface area contributed by atoms with Gasteiger partial charge in [0.2, 0.25) is 0 Å². The monoisotopic (exact) mass is 401 g/mol. The van der Waals surface area contributed by atoms with Crippen LogP contribution >= 0.6 is 22.9 Å². The third kappa shape index (κ3) is 5.05. The molecular formula is C14H15ClNO3SY-. The first-order valence-electron chi connectivity index (χ1n) is 6.25. The summed E-state index contributed by atoms with van der Waals surface area (Å²) in [7, 11) is 0. The maximum atomic E-state index is 12.0. The molecule has 21 heavy (non-hydrogen) atoms. The number of thiophene rings is 1. The van der Waals surface area contributed by atoms with Gasteiger partial charge >= 0.3 is 0 Å². The molecule has 0 unspecified atom stereocenters. The molecule has 1 fully saturated rings. The molecule has 7 heteroatoms. The Morgan fingerprint density at radius 2 is 2.05 bits per heavy atom. The van der Waals surface area contributed by atoms with Crippen LogP contribution in [0.25, 0.3) is 0 Å². The molecule has 1 aliphatic heterocycles. The number of halogens is 1. The van der Waals surface area contributed by atoms with E-state index in [2.05, 4.69) is 4.90 Å². The molecule has 4 nitrogen and oxygen atoms in total. The molecular weight excluding hydrogens is 387 g/mol. The van der Waals surface area contributed by atoms with Crippen LogP contribution in [0.3, 0.4) is 0 Å². The summed E-state index contributed by atoms with van der Waals surface area (Å²) in [4.78, 5) is 26.4. The van der Waals surface area contributed by atoms with Crippen molar-refractivity contribution in [3.05, 3.63) is 33.0 Å². The molecule has 1 aromatic heterocycles. The van der Waals surface area contributed by atoms with E-state index in [0.717, 1.165) is 37.7 Å². The fourth-order valence-corrected chi connectivity index (χ4v) is 3.29. The molecule has 0 saturated carbocycles. The van der Waals surface area contributed by atoms with Crippen molar-refractivity contribution in [2.24, 2.45) is 0 Å². The van der Waals surface area contributed by atoms with E-state index in [1.54, 1.807) is 6.07 Å². The number of hydrogen-bond donors (Lipinski definition) is 0. The minimum absolute atomic E-state index is 0. The summed E-state index contributed by atoms with van der Waals surface area (Å²) in [5, 5.41) is 0. The summed E-state index contributed by atoms with van der Waals surface area (Å²) < 4.78 is 5.66. The van der Waals surface area contributed by atoms with Gasteiger partial charge in [-0.25, -0.2) is 6.58 Å². The second-order valence-corrected chi connectivity index (χ2v) is 6.33. The van der Waals surface area contributed by atoms with Crippen LogP contribution in [0.2, 0.25) is 4.34 Å². The zero-order chi connectivity index (χ0) is 14.7. The molecule has 2 rings (SSSR count). The van der Waals surface area contributed by atoms with Gasteiger partial charge in [-0.3, -0.25) is 4.90 Å². The molecule has 0 amide bonds. The van der Waals surface area contributed by atoms with Gasteiger partial charge in [0.15, 0.2) is 0 Å². The van der Waals surface area contributed by atoms with Gasteiger partial charge in [0, 0.05) is 63.0 Å². The van der Waals surface area contributed by atoms with Crippen molar-refractivity contribution in [1.29, 1.82) is 0 Å². The molecule has 0 aliphatic carbocycles. The van der Waals surface area contributed by atoms with Gasteiger partial charge in [-0.1, -0.05) is 11.6 Å². The zero-order valence-electron chi connectivity index (χ0n) is 11.7. The van der Waals surface area contributed by atoms with E-state index in [1.807, 2.05) is 0 Å². The van der Waals surface area contributed by atoms with Crippen LogP contribution in [0.5, 0.6) is 0 Å². The first kappa shape index (κ1) is 19.1. The van der Waals surface area contributed by atoms with E-state index in [9.17, 15) is 9.59 Å². The van der Waals surface area contributed by atoms with Crippen LogP contribution in [0.1, 0.15) is 22.2 Å². The first-order valence-corrected chi connectivity index (χ1v) is 7.45. The Morgan fingerprint density at radius 1 is 1.43 bits per heavy atom. The normalized spacial score (nSPS) is 15.3.